The first-order chi connectivity index (χ1) is 13.5. The van der Waals surface area contributed by atoms with Crippen molar-refractivity contribution in [2.24, 2.45) is 4.99 Å². The molecule has 0 aromatic heterocycles. The topological polar surface area (TPSA) is 91.8 Å². The number of sulfonamides is 1. The second-order valence-electron chi connectivity index (χ2n) is 6.96. The fourth-order valence-electron chi connectivity index (χ4n) is 3.16. The van der Waals surface area contributed by atoms with Crippen molar-refractivity contribution >= 4 is 16.0 Å². The molecule has 1 aliphatic carbocycles. The van der Waals surface area contributed by atoms with Crippen LogP contribution < -0.4 is 15.4 Å². The molecule has 28 heavy (non-hydrogen) atoms. The van der Waals surface area contributed by atoms with Gasteiger partial charge in [-0.15, -0.1) is 0 Å². The van der Waals surface area contributed by atoms with E-state index in [0.29, 0.717) is 12.6 Å². The number of hydrogen-bond donors (Lipinski definition) is 3. The van der Waals surface area contributed by atoms with Crippen LogP contribution in [0.15, 0.2) is 34.2 Å². The highest BCUT2D eigenvalue weighted by Crippen LogP contribution is 2.20. The Bertz CT molecular complexity index is 699. The normalized spacial score (nSPS) is 16.1. The van der Waals surface area contributed by atoms with Crippen LogP contribution >= 0.6 is 0 Å². The maximum atomic E-state index is 11.8. The summed E-state index contributed by atoms with van der Waals surface area (Å²) >= 11 is 0. The highest BCUT2D eigenvalue weighted by Gasteiger charge is 2.13. The number of hydrogen-bond acceptors (Lipinski definition) is 4. The van der Waals surface area contributed by atoms with Crippen LogP contribution in [0.5, 0.6) is 0 Å². The van der Waals surface area contributed by atoms with Crippen molar-refractivity contribution < 1.29 is 13.2 Å². The van der Waals surface area contributed by atoms with Crippen molar-refractivity contribution in [2.75, 3.05) is 26.7 Å². The molecule has 0 spiro atoms. The maximum Gasteiger partial charge on any atom is 0.240 e. The van der Waals surface area contributed by atoms with Crippen LogP contribution in [-0.4, -0.2) is 47.2 Å². The average molecular weight is 411 g/mol. The number of ether oxygens (including phenoxy) is 1. The Balaban J connectivity index is 1.76. The molecule has 1 aromatic carbocycles. The molecule has 1 fully saturated rings. The smallest absolute Gasteiger partial charge is 0.240 e. The Kier molecular flexibility index (Phi) is 9.73. The summed E-state index contributed by atoms with van der Waals surface area (Å²) in [7, 11) is -2.00. The van der Waals surface area contributed by atoms with Gasteiger partial charge in [0, 0.05) is 19.7 Å². The van der Waals surface area contributed by atoms with Gasteiger partial charge in [-0.05, 0) is 50.9 Å². The molecule has 0 bridgehead atoms. The maximum absolute atomic E-state index is 11.8. The molecular weight excluding hydrogens is 376 g/mol. The van der Waals surface area contributed by atoms with E-state index in [2.05, 4.69) is 20.3 Å². The molecular formula is C20H34N4O3S. The van der Waals surface area contributed by atoms with Gasteiger partial charge in [0.2, 0.25) is 10.0 Å². The Morgan fingerprint density at radius 1 is 1.14 bits per heavy atom. The van der Waals surface area contributed by atoms with Gasteiger partial charge in [0.05, 0.1) is 17.5 Å². The zero-order valence-corrected chi connectivity index (χ0v) is 17.9. The van der Waals surface area contributed by atoms with Gasteiger partial charge in [-0.1, -0.05) is 31.4 Å². The van der Waals surface area contributed by atoms with Crippen LogP contribution in [0.2, 0.25) is 0 Å². The van der Waals surface area contributed by atoms with Gasteiger partial charge in [-0.2, -0.15) is 0 Å². The largest absolute Gasteiger partial charge is 0.378 e. The number of nitrogens with one attached hydrogen (secondary N) is 3. The summed E-state index contributed by atoms with van der Waals surface area (Å²) in [6.07, 6.45) is 7.72. The van der Waals surface area contributed by atoms with Crippen molar-refractivity contribution in [2.45, 2.75) is 63.0 Å². The fourth-order valence-corrected chi connectivity index (χ4v) is 3.89. The van der Waals surface area contributed by atoms with Gasteiger partial charge in [-0.3, -0.25) is 0 Å². The lowest BCUT2D eigenvalue weighted by molar-refractivity contribution is 0.0277. The third-order valence-corrected chi connectivity index (χ3v) is 6.22. The molecule has 0 unspecified atom stereocenters. The summed E-state index contributed by atoms with van der Waals surface area (Å²) in [6.45, 7) is 4.87. The van der Waals surface area contributed by atoms with E-state index in [1.54, 1.807) is 24.3 Å². The van der Waals surface area contributed by atoms with E-state index in [9.17, 15) is 8.42 Å². The molecule has 0 saturated heterocycles. The first kappa shape index (κ1) is 22.6. The van der Waals surface area contributed by atoms with Crippen molar-refractivity contribution in [3.05, 3.63) is 29.8 Å². The lowest BCUT2D eigenvalue weighted by Crippen LogP contribution is -2.38. The quantitative estimate of drug-likeness (QED) is 0.313. The highest BCUT2D eigenvalue weighted by molar-refractivity contribution is 7.89. The minimum Gasteiger partial charge on any atom is -0.378 e. The Hall–Kier alpha value is -1.64. The third kappa shape index (κ3) is 7.77. The predicted octanol–water partition coefficient (Wildman–Crippen LogP) is 2.39. The van der Waals surface area contributed by atoms with Crippen LogP contribution in [0, 0.1) is 0 Å². The zero-order valence-electron chi connectivity index (χ0n) is 17.0. The number of guanidine groups is 1. The summed E-state index contributed by atoms with van der Waals surface area (Å²) in [5.74, 6) is 0.757. The first-order valence-corrected chi connectivity index (χ1v) is 11.7. The summed E-state index contributed by atoms with van der Waals surface area (Å²) in [4.78, 5) is 4.83. The summed E-state index contributed by atoms with van der Waals surface area (Å²) in [5, 5.41) is 6.56. The first-order valence-electron chi connectivity index (χ1n) is 10.2. The van der Waals surface area contributed by atoms with Crippen LogP contribution in [0.4, 0.5) is 0 Å². The molecule has 0 amide bonds. The van der Waals surface area contributed by atoms with Crippen molar-refractivity contribution in [3.8, 4) is 0 Å². The van der Waals surface area contributed by atoms with Gasteiger partial charge in [0.1, 0.15) is 0 Å². The molecule has 0 heterocycles. The summed E-state index contributed by atoms with van der Waals surface area (Å²) < 4.78 is 31.8. The number of nitrogens with zero attached hydrogens (tertiary/aromatic N) is 1. The minimum absolute atomic E-state index is 0.255. The summed E-state index contributed by atoms with van der Waals surface area (Å²) in [6, 6.07) is 6.77. The van der Waals surface area contributed by atoms with E-state index >= 15 is 0 Å². The third-order valence-electron chi connectivity index (χ3n) is 4.79. The van der Waals surface area contributed by atoms with Gasteiger partial charge >= 0.3 is 0 Å². The molecule has 1 aromatic rings. The molecule has 1 saturated carbocycles. The molecule has 3 N–H and O–H groups in total. The van der Waals surface area contributed by atoms with E-state index in [1.807, 2.05) is 6.92 Å². The van der Waals surface area contributed by atoms with Crippen molar-refractivity contribution in [1.82, 2.24) is 15.4 Å². The van der Waals surface area contributed by atoms with Gasteiger partial charge in [-0.25, -0.2) is 18.1 Å². The summed E-state index contributed by atoms with van der Waals surface area (Å²) in [5.41, 5.74) is 0.952. The molecule has 0 aliphatic heterocycles. The Morgan fingerprint density at radius 2 is 1.86 bits per heavy atom. The highest BCUT2D eigenvalue weighted by atomic mass is 32.2. The minimum atomic E-state index is -3.40. The molecule has 158 valence electrons. The van der Waals surface area contributed by atoms with Crippen LogP contribution in [-0.2, 0) is 21.3 Å². The lowest BCUT2D eigenvalue weighted by Gasteiger charge is -2.22. The average Bonchev–Trinajstić information content (AvgIpc) is 2.72. The van der Waals surface area contributed by atoms with Crippen molar-refractivity contribution in [3.63, 3.8) is 0 Å². The van der Waals surface area contributed by atoms with Crippen LogP contribution in [0.25, 0.3) is 0 Å². The van der Waals surface area contributed by atoms with E-state index in [4.69, 9.17) is 4.74 Å². The second kappa shape index (κ2) is 12.0. The van der Waals surface area contributed by atoms with Crippen LogP contribution in [0.1, 0.15) is 51.0 Å². The number of rotatable bonds is 10. The van der Waals surface area contributed by atoms with E-state index in [-0.39, 0.29) is 4.90 Å². The van der Waals surface area contributed by atoms with Crippen molar-refractivity contribution in [1.29, 1.82) is 0 Å². The fraction of sp³-hybridized carbons (Fsp3) is 0.650. The van der Waals surface area contributed by atoms with E-state index < -0.39 is 10.0 Å². The van der Waals surface area contributed by atoms with Gasteiger partial charge < -0.3 is 15.4 Å². The van der Waals surface area contributed by atoms with E-state index in [1.165, 1.54) is 39.2 Å². The zero-order chi connectivity index (χ0) is 20.2. The number of benzene rings is 1. The van der Waals surface area contributed by atoms with Gasteiger partial charge in [0.15, 0.2) is 5.96 Å². The van der Waals surface area contributed by atoms with Gasteiger partial charge in [0.25, 0.3) is 0 Å². The molecule has 0 radical (unpaired) electrons. The lowest BCUT2D eigenvalue weighted by atomic mass is 9.98. The monoisotopic (exact) mass is 410 g/mol. The Morgan fingerprint density at radius 3 is 2.50 bits per heavy atom. The van der Waals surface area contributed by atoms with E-state index in [0.717, 1.165) is 37.6 Å². The molecule has 7 nitrogen and oxygen atoms in total. The molecule has 0 atom stereocenters. The second-order valence-corrected chi connectivity index (χ2v) is 8.84. The Labute approximate surface area is 169 Å². The van der Waals surface area contributed by atoms with Crippen LogP contribution in [0.3, 0.4) is 0 Å². The number of aliphatic imine (C=N–C) groups is 1. The molecule has 1 aliphatic rings. The molecule has 8 heteroatoms. The standard InChI is InChI=1S/C20H34N4O3S/c1-3-22-20(23-14-7-15-27-18-8-5-4-6-9-18)24-16-17-10-12-19(13-11-17)28(25,26)21-2/h10-13,18,21H,3-9,14-16H2,1-2H3,(H2,22,23,24). The SMILES string of the molecule is CCNC(=NCc1ccc(S(=O)(=O)NC)cc1)NCCCOC1CCCCC1. The predicted molar refractivity (Wildman–Crippen MR) is 113 cm³/mol. The molecule has 2 rings (SSSR count).